The molecule has 0 aliphatic rings. The van der Waals surface area contributed by atoms with Crippen molar-refractivity contribution >= 4 is 21.5 Å². The highest BCUT2D eigenvalue weighted by Gasteiger charge is 2.22. The number of amidine groups is 1. The summed E-state index contributed by atoms with van der Waals surface area (Å²) < 4.78 is 29.3. The first-order valence-electron chi connectivity index (χ1n) is 7.05. The van der Waals surface area contributed by atoms with Crippen LogP contribution < -0.4 is 0 Å². The van der Waals surface area contributed by atoms with Crippen molar-refractivity contribution in [2.45, 2.75) is 11.8 Å². The molecule has 0 N–H and O–H groups in total. The molecule has 0 aliphatic carbocycles. The maximum Gasteiger partial charge on any atom is 0.284 e. The summed E-state index contributed by atoms with van der Waals surface area (Å²) in [5.74, 6) is 0.251. The van der Waals surface area contributed by atoms with Crippen molar-refractivity contribution in [2.75, 3.05) is 14.1 Å². The number of rotatable bonds is 4. The highest BCUT2D eigenvalue weighted by atomic mass is 32.2. The second-order valence-electron chi connectivity index (χ2n) is 5.36. The Morgan fingerprint density at radius 1 is 1.12 bits per heavy atom. The average Bonchev–Trinajstić information content (AvgIpc) is 2.53. The van der Waals surface area contributed by atoms with Gasteiger partial charge in [-0.15, -0.1) is 4.40 Å². The Bertz CT molecular complexity index is 891. The van der Waals surface area contributed by atoms with Crippen LogP contribution in [0.5, 0.6) is 0 Å². The summed E-state index contributed by atoms with van der Waals surface area (Å²) in [6.07, 6.45) is 0. The zero-order chi connectivity index (χ0) is 17.9. The molecular weight excluding hydrogens is 330 g/mol. The molecule has 0 saturated carbocycles. The molecule has 0 radical (unpaired) electrons. The third-order valence-corrected chi connectivity index (χ3v) is 4.73. The Labute approximate surface area is 140 Å². The normalized spacial score (nSPS) is 12.0. The molecule has 0 fully saturated rings. The number of aryl methyl sites for hydroxylation is 1. The van der Waals surface area contributed by atoms with Crippen molar-refractivity contribution in [3.8, 4) is 0 Å². The Morgan fingerprint density at radius 3 is 2.29 bits per heavy atom. The molecule has 8 heteroatoms. The van der Waals surface area contributed by atoms with Gasteiger partial charge in [-0.25, -0.2) is 0 Å². The fourth-order valence-electron chi connectivity index (χ4n) is 2.12. The van der Waals surface area contributed by atoms with E-state index in [4.69, 9.17) is 0 Å². The van der Waals surface area contributed by atoms with Crippen molar-refractivity contribution < 1.29 is 13.3 Å². The van der Waals surface area contributed by atoms with E-state index in [0.29, 0.717) is 11.1 Å². The Balaban J connectivity index is 2.61. The van der Waals surface area contributed by atoms with Gasteiger partial charge in [-0.05, 0) is 12.5 Å². The van der Waals surface area contributed by atoms with Crippen molar-refractivity contribution in [3.05, 3.63) is 69.8 Å². The first-order valence-corrected chi connectivity index (χ1v) is 8.49. The van der Waals surface area contributed by atoms with E-state index in [0.717, 1.165) is 6.07 Å². The van der Waals surface area contributed by atoms with E-state index in [2.05, 4.69) is 4.40 Å². The van der Waals surface area contributed by atoms with E-state index >= 15 is 0 Å². The van der Waals surface area contributed by atoms with Crippen LogP contribution in [-0.4, -0.2) is 38.2 Å². The van der Waals surface area contributed by atoms with Crippen LogP contribution in [0.2, 0.25) is 0 Å². The topological polar surface area (TPSA) is 92.9 Å². The lowest BCUT2D eigenvalue weighted by atomic mass is 10.2. The summed E-state index contributed by atoms with van der Waals surface area (Å²) in [6, 6.07) is 12.6. The lowest BCUT2D eigenvalue weighted by Crippen LogP contribution is -2.24. The minimum atomic E-state index is -4.10. The SMILES string of the molecule is Cc1ccc([N+](=O)[O-])cc1S(=O)(=O)/N=C(/c1ccccc1)N(C)C. The van der Waals surface area contributed by atoms with Gasteiger partial charge >= 0.3 is 0 Å². The lowest BCUT2D eigenvalue weighted by Gasteiger charge is -2.16. The molecule has 0 aliphatic heterocycles. The summed E-state index contributed by atoms with van der Waals surface area (Å²) in [6.45, 7) is 1.57. The number of non-ortho nitro benzene ring substituents is 1. The largest absolute Gasteiger partial charge is 0.362 e. The smallest absolute Gasteiger partial charge is 0.284 e. The van der Waals surface area contributed by atoms with Gasteiger partial charge in [0.15, 0.2) is 0 Å². The number of nitrogens with zero attached hydrogens (tertiary/aromatic N) is 3. The van der Waals surface area contributed by atoms with Gasteiger partial charge in [-0.3, -0.25) is 10.1 Å². The Kier molecular flexibility index (Phi) is 4.99. The van der Waals surface area contributed by atoms with Gasteiger partial charge in [0, 0.05) is 31.8 Å². The highest BCUT2D eigenvalue weighted by molar-refractivity contribution is 7.90. The molecule has 7 nitrogen and oxygen atoms in total. The van der Waals surface area contributed by atoms with Crippen molar-refractivity contribution in [1.29, 1.82) is 0 Å². The van der Waals surface area contributed by atoms with E-state index < -0.39 is 14.9 Å². The zero-order valence-electron chi connectivity index (χ0n) is 13.5. The summed E-state index contributed by atoms with van der Waals surface area (Å²) in [4.78, 5) is 11.7. The molecule has 2 rings (SSSR count). The van der Waals surface area contributed by atoms with Crippen LogP contribution in [0.1, 0.15) is 11.1 Å². The summed E-state index contributed by atoms with van der Waals surface area (Å²) >= 11 is 0. The Hall–Kier alpha value is -2.74. The summed E-state index contributed by atoms with van der Waals surface area (Å²) in [5, 5.41) is 10.9. The number of hydrogen-bond donors (Lipinski definition) is 0. The number of nitro benzene ring substituents is 1. The number of nitro groups is 1. The zero-order valence-corrected chi connectivity index (χ0v) is 14.3. The lowest BCUT2D eigenvalue weighted by molar-refractivity contribution is -0.385. The second kappa shape index (κ2) is 6.79. The van der Waals surface area contributed by atoms with Crippen molar-refractivity contribution in [2.24, 2.45) is 4.40 Å². The number of sulfonamides is 1. The summed E-state index contributed by atoms with van der Waals surface area (Å²) in [7, 11) is -0.733. The van der Waals surface area contributed by atoms with Crippen molar-refractivity contribution in [3.63, 3.8) is 0 Å². The first kappa shape index (κ1) is 17.6. The molecule has 24 heavy (non-hydrogen) atoms. The van der Waals surface area contributed by atoms with Gasteiger partial charge in [0.25, 0.3) is 15.7 Å². The van der Waals surface area contributed by atoms with Crippen LogP contribution in [-0.2, 0) is 10.0 Å². The molecule has 0 aromatic heterocycles. The van der Waals surface area contributed by atoms with Crippen LogP contribution in [0.25, 0.3) is 0 Å². The van der Waals surface area contributed by atoms with E-state index in [1.807, 2.05) is 6.07 Å². The van der Waals surface area contributed by atoms with Crippen molar-refractivity contribution in [1.82, 2.24) is 4.90 Å². The number of benzene rings is 2. The molecule has 0 bridgehead atoms. The second-order valence-corrected chi connectivity index (χ2v) is 6.93. The predicted molar refractivity (Wildman–Crippen MR) is 91.7 cm³/mol. The van der Waals surface area contributed by atoms with Crippen LogP contribution in [0.4, 0.5) is 5.69 Å². The Morgan fingerprint density at radius 2 is 1.75 bits per heavy atom. The average molecular weight is 347 g/mol. The maximum atomic E-state index is 12.7. The van der Waals surface area contributed by atoms with Gasteiger partial charge in [-0.2, -0.15) is 8.42 Å². The minimum absolute atomic E-state index is 0.174. The first-order chi connectivity index (χ1) is 11.2. The van der Waals surface area contributed by atoms with E-state index in [1.54, 1.807) is 50.2 Å². The van der Waals surface area contributed by atoms with Gasteiger partial charge in [0.2, 0.25) is 0 Å². The number of hydrogen-bond acceptors (Lipinski definition) is 4. The maximum absolute atomic E-state index is 12.7. The van der Waals surface area contributed by atoms with Gasteiger partial charge in [0.1, 0.15) is 5.84 Å². The molecule has 2 aromatic carbocycles. The van der Waals surface area contributed by atoms with E-state index in [-0.39, 0.29) is 16.4 Å². The highest BCUT2D eigenvalue weighted by Crippen LogP contribution is 2.24. The molecule has 0 atom stereocenters. The fourth-order valence-corrected chi connectivity index (χ4v) is 3.46. The molecule has 0 saturated heterocycles. The molecule has 0 amide bonds. The van der Waals surface area contributed by atoms with Crippen LogP contribution in [0.15, 0.2) is 57.8 Å². The molecular formula is C16H17N3O4S. The monoisotopic (exact) mass is 347 g/mol. The summed E-state index contributed by atoms with van der Waals surface area (Å²) in [5.41, 5.74) is 0.741. The minimum Gasteiger partial charge on any atom is -0.362 e. The van der Waals surface area contributed by atoms with Gasteiger partial charge < -0.3 is 4.90 Å². The van der Waals surface area contributed by atoms with Crippen LogP contribution in [0.3, 0.4) is 0 Å². The van der Waals surface area contributed by atoms with Crippen LogP contribution >= 0.6 is 0 Å². The van der Waals surface area contributed by atoms with Gasteiger partial charge in [0.05, 0.1) is 9.82 Å². The molecule has 0 unspecified atom stereocenters. The molecule has 126 valence electrons. The standard InChI is InChI=1S/C16H17N3O4S/c1-12-9-10-14(19(20)21)11-15(12)24(22,23)17-16(18(2)3)13-7-5-4-6-8-13/h4-11H,1-3H3/b17-16-. The molecule has 2 aromatic rings. The van der Waals surface area contributed by atoms with Crippen LogP contribution in [0, 0.1) is 17.0 Å². The fraction of sp³-hybridized carbons (Fsp3) is 0.188. The predicted octanol–water partition coefficient (Wildman–Crippen LogP) is 2.60. The molecule has 0 heterocycles. The third-order valence-electron chi connectivity index (χ3n) is 3.32. The van der Waals surface area contributed by atoms with Gasteiger partial charge in [-0.1, -0.05) is 36.4 Å². The third kappa shape index (κ3) is 3.77. The van der Waals surface area contributed by atoms with E-state index in [1.165, 1.54) is 12.1 Å². The quantitative estimate of drug-likeness (QED) is 0.367. The van der Waals surface area contributed by atoms with E-state index in [9.17, 15) is 18.5 Å². The molecule has 0 spiro atoms.